The molecule has 94 valence electrons. The molecular formula is C17H8ClNO. The van der Waals surface area contributed by atoms with Gasteiger partial charge in [0, 0.05) is 27.4 Å². The van der Waals surface area contributed by atoms with Gasteiger partial charge in [0.1, 0.15) is 11.5 Å². The van der Waals surface area contributed by atoms with Gasteiger partial charge in [-0.2, -0.15) is 5.26 Å². The fourth-order valence-corrected chi connectivity index (χ4v) is 2.86. The molecule has 0 amide bonds. The quantitative estimate of drug-likeness (QED) is 0.446. The van der Waals surface area contributed by atoms with Crippen LogP contribution in [0.4, 0.5) is 0 Å². The average molecular weight is 278 g/mol. The van der Waals surface area contributed by atoms with E-state index in [9.17, 15) is 5.26 Å². The van der Waals surface area contributed by atoms with E-state index in [-0.39, 0.29) is 0 Å². The van der Waals surface area contributed by atoms with Crippen molar-refractivity contribution in [2.45, 2.75) is 0 Å². The lowest BCUT2D eigenvalue weighted by Gasteiger charge is -2.21. The highest BCUT2D eigenvalue weighted by Gasteiger charge is 2.21. The lowest BCUT2D eigenvalue weighted by atomic mass is 9.92. The minimum absolute atomic E-state index is 0.646. The topological polar surface area (TPSA) is 33.0 Å². The van der Waals surface area contributed by atoms with Crippen molar-refractivity contribution in [2.24, 2.45) is 0 Å². The molecule has 1 aliphatic rings. The molecule has 3 heteroatoms. The van der Waals surface area contributed by atoms with E-state index >= 15 is 0 Å². The number of rotatable bonds is 0. The maximum Gasteiger partial charge on any atom is 0.136 e. The van der Waals surface area contributed by atoms with Crippen molar-refractivity contribution >= 4 is 22.4 Å². The Kier molecular flexibility index (Phi) is 2.26. The average Bonchev–Trinajstić information content (AvgIpc) is 2.47. The molecule has 0 unspecified atom stereocenters. The van der Waals surface area contributed by atoms with Crippen LogP contribution in [-0.2, 0) is 0 Å². The SMILES string of the molecule is N#Cc1ccc2c3c(cccc13)Oc1cc(Cl)ccc1-2. The molecule has 1 heterocycles. The Labute approximate surface area is 120 Å². The van der Waals surface area contributed by atoms with Crippen LogP contribution in [0.3, 0.4) is 0 Å². The fraction of sp³-hybridized carbons (Fsp3) is 0. The summed E-state index contributed by atoms with van der Waals surface area (Å²) in [5.74, 6) is 1.52. The van der Waals surface area contributed by atoms with E-state index in [1.807, 2.05) is 48.5 Å². The minimum atomic E-state index is 0.646. The summed E-state index contributed by atoms with van der Waals surface area (Å²) in [6.45, 7) is 0. The highest BCUT2D eigenvalue weighted by molar-refractivity contribution is 6.31. The van der Waals surface area contributed by atoms with Gasteiger partial charge in [0.25, 0.3) is 0 Å². The van der Waals surface area contributed by atoms with Gasteiger partial charge in [-0.3, -0.25) is 0 Å². The summed E-state index contributed by atoms with van der Waals surface area (Å²) >= 11 is 6.03. The van der Waals surface area contributed by atoms with Gasteiger partial charge in [-0.25, -0.2) is 0 Å². The summed E-state index contributed by atoms with van der Waals surface area (Å²) in [6, 6.07) is 17.4. The maximum atomic E-state index is 9.23. The molecule has 0 aromatic heterocycles. The molecule has 0 N–H and O–H groups in total. The van der Waals surface area contributed by atoms with Gasteiger partial charge in [0.15, 0.2) is 0 Å². The van der Waals surface area contributed by atoms with E-state index in [1.165, 1.54) is 0 Å². The van der Waals surface area contributed by atoms with Crippen LogP contribution < -0.4 is 4.74 Å². The van der Waals surface area contributed by atoms with Gasteiger partial charge >= 0.3 is 0 Å². The van der Waals surface area contributed by atoms with Crippen LogP contribution in [0.25, 0.3) is 21.9 Å². The molecule has 4 rings (SSSR count). The number of hydrogen-bond acceptors (Lipinski definition) is 2. The number of ether oxygens (including phenoxy) is 1. The summed E-state index contributed by atoms with van der Waals surface area (Å²) in [6.07, 6.45) is 0. The van der Waals surface area contributed by atoms with Crippen LogP contribution in [0.2, 0.25) is 5.02 Å². The van der Waals surface area contributed by atoms with Gasteiger partial charge < -0.3 is 4.74 Å². The van der Waals surface area contributed by atoms with Crippen LogP contribution in [0.5, 0.6) is 11.5 Å². The Morgan fingerprint density at radius 1 is 0.950 bits per heavy atom. The number of fused-ring (bicyclic) bond motifs is 2. The number of nitriles is 1. The van der Waals surface area contributed by atoms with E-state index in [1.54, 1.807) is 0 Å². The normalized spacial score (nSPS) is 11.6. The van der Waals surface area contributed by atoms with Gasteiger partial charge in [-0.05, 0) is 29.8 Å². The van der Waals surface area contributed by atoms with Crippen molar-refractivity contribution in [3.8, 4) is 28.7 Å². The fourth-order valence-electron chi connectivity index (χ4n) is 2.70. The Hall–Kier alpha value is -2.50. The predicted molar refractivity (Wildman–Crippen MR) is 79.2 cm³/mol. The third kappa shape index (κ3) is 1.44. The smallest absolute Gasteiger partial charge is 0.136 e. The second-order valence-electron chi connectivity index (χ2n) is 4.69. The summed E-state index contributed by atoms with van der Waals surface area (Å²) < 4.78 is 5.94. The maximum absolute atomic E-state index is 9.23. The van der Waals surface area contributed by atoms with Crippen LogP contribution in [0.1, 0.15) is 5.56 Å². The van der Waals surface area contributed by atoms with Gasteiger partial charge in [-0.15, -0.1) is 0 Å². The molecule has 20 heavy (non-hydrogen) atoms. The van der Waals surface area contributed by atoms with E-state index in [0.717, 1.165) is 33.4 Å². The summed E-state index contributed by atoms with van der Waals surface area (Å²) in [5, 5.41) is 11.8. The first-order valence-corrected chi connectivity index (χ1v) is 6.59. The molecule has 2 nitrogen and oxygen atoms in total. The zero-order chi connectivity index (χ0) is 13.7. The highest BCUT2D eigenvalue weighted by atomic mass is 35.5. The predicted octanol–water partition coefficient (Wildman–Crippen LogP) is 5.14. The monoisotopic (exact) mass is 277 g/mol. The van der Waals surface area contributed by atoms with Crippen LogP contribution >= 0.6 is 11.6 Å². The third-order valence-electron chi connectivity index (χ3n) is 3.58. The van der Waals surface area contributed by atoms with Gasteiger partial charge in [-0.1, -0.05) is 29.8 Å². The van der Waals surface area contributed by atoms with E-state index < -0.39 is 0 Å². The molecule has 0 fully saturated rings. The number of halogens is 1. The van der Waals surface area contributed by atoms with Gasteiger partial charge in [0.05, 0.1) is 11.6 Å². The van der Waals surface area contributed by atoms with Crippen molar-refractivity contribution in [2.75, 3.05) is 0 Å². The Morgan fingerprint density at radius 2 is 1.80 bits per heavy atom. The molecule has 1 aliphatic heterocycles. The van der Waals surface area contributed by atoms with Gasteiger partial charge in [0.2, 0.25) is 0 Å². The standard InChI is InChI=1S/C17H8ClNO/c18-11-5-7-13-14-6-4-10(9-19)12-2-1-3-15(17(12)14)20-16(13)8-11/h1-8H. The Bertz CT molecular complexity index is 909. The zero-order valence-electron chi connectivity index (χ0n) is 10.4. The summed E-state index contributed by atoms with van der Waals surface area (Å²) in [7, 11) is 0. The number of hydrogen-bond donors (Lipinski definition) is 0. The summed E-state index contributed by atoms with van der Waals surface area (Å²) in [5.41, 5.74) is 2.74. The lowest BCUT2D eigenvalue weighted by Crippen LogP contribution is -1.97. The molecule has 3 aromatic carbocycles. The molecule has 0 aliphatic carbocycles. The van der Waals surface area contributed by atoms with E-state index in [4.69, 9.17) is 16.3 Å². The Morgan fingerprint density at radius 3 is 2.65 bits per heavy atom. The molecule has 0 radical (unpaired) electrons. The minimum Gasteiger partial charge on any atom is -0.456 e. The first kappa shape index (κ1) is 11.3. The van der Waals surface area contributed by atoms with Crippen molar-refractivity contribution in [1.29, 1.82) is 5.26 Å². The molecule has 0 saturated carbocycles. The largest absolute Gasteiger partial charge is 0.456 e. The lowest BCUT2D eigenvalue weighted by molar-refractivity contribution is 0.487. The van der Waals surface area contributed by atoms with Crippen molar-refractivity contribution < 1.29 is 4.74 Å². The first-order valence-electron chi connectivity index (χ1n) is 6.21. The van der Waals surface area contributed by atoms with Crippen LogP contribution in [0, 0.1) is 11.3 Å². The molecule has 3 aromatic rings. The van der Waals surface area contributed by atoms with E-state index in [0.29, 0.717) is 10.6 Å². The summed E-state index contributed by atoms with van der Waals surface area (Å²) in [4.78, 5) is 0. The van der Waals surface area contributed by atoms with Crippen LogP contribution in [0.15, 0.2) is 48.5 Å². The number of nitrogens with zero attached hydrogens (tertiary/aromatic N) is 1. The Balaban J connectivity index is 2.17. The van der Waals surface area contributed by atoms with E-state index in [2.05, 4.69) is 6.07 Å². The molecule has 0 spiro atoms. The highest BCUT2D eigenvalue weighted by Crippen LogP contribution is 2.47. The third-order valence-corrected chi connectivity index (χ3v) is 3.81. The van der Waals surface area contributed by atoms with Crippen molar-refractivity contribution in [3.63, 3.8) is 0 Å². The van der Waals surface area contributed by atoms with Crippen molar-refractivity contribution in [3.05, 3.63) is 59.1 Å². The van der Waals surface area contributed by atoms with Crippen molar-refractivity contribution in [1.82, 2.24) is 0 Å². The number of benzene rings is 3. The van der Waals surface area contributed by atoms with Crippen LogP contribution in [-0.4, -0.2) is 0 Å². The molecular weight excluding hydrogens is 270 g/mol. The first-order chi connectivity index (χ1) is 9.78. The molecule has 0 saturated heterocycles. The second-order valence-corrected chi connectivity index (χ2v) is 5.13. The molecule has 0 atom stereocenters. The zero-order valence-corrected chi connectivity index (χ0v) is 11.1. The second kappa shape index (κ2) is 4.00. The molecule has 0 bridgehead atoms.